The molecule has 0 aliphatic carbocycles. The first-order valence-electron chi connectivity index (χ1n) is 5.09. The van der Waals surface area contributed by atoms with Crippen LogP contribution in [0, 0.1) is 0 Å². The van der Waals surface area contributed by atoms with E-state index in [0.29, 0.717) is 5.92 Å². The zero-order valence-electron chi connectivity index (χ0n) is 8.44. The summed E-state index contributed by atoms with van der Waals surface area (Å²) in [7, 11) is 0. The van der Waals surface area contributed by atoms with Gasteiger partial charge in [0, 0.05) is 19.0 Å². The molecule has 0 unspecified atom stereocenters. The zero-order chi connectivity index (χ0) is 10.7. The summed E-state index contributed by atoms with van der Waals surface area (Å²) in [4.78, 5) is 10.8. The Bertz CT molecular complexity index is 339. The summed E-state index contributed by atoms with van der Waals surface area (Å²) < 4.78 is 0. The van der Waals surface area contributed by atoms with E-state index in [2.05, 4.69) is 22.8 Å². The number of hydrogen-bond acceptors (Lipinski definition) is 2. The van der Waals surface area contributed by atoms with Crippen LogP contribution in [-0.4, -0.2) is 25.2 Å². The van der Waals surface area contributed by atoms with Gasteiger partial charge in [0.25, 0.3) is 0 Å². The lowest BCUT2D eigenvalue weighted by molar-refractivity contribution is 0.245. The van der Waals surface area contributed by atoms with Crippen molar-refractivity contribution < 1.29 is 4.79 Å². The summed E-state index contributed by atoms with van der Waals surface area (Å²) in [5.74, 6) is 0.318. The molecule has 2 rings (SSSR count). The Balaban J connectivity index is 2.11. The van der Waals surface area contributed by atoms with Gasteiger partial charge in [-0.15, -0.1) is 0 Å². The average Bonchev–Trinajstić information content (AvgIpc) is 2.66. The molecule has 4 nitrogen and oxygen atoms in total. The third-order valence-electron chi connectivity index (χ3n) is 2.77. The van der Waals surface area contributed by atoms with Crippen molar-refractivity contribution in [2.24, 2.45) is 5.73 Å². The summed E-state index contributed by atoms with van der Waals surface area (Å²) in [6.45, 7) is 1.66. The maximum absolute atomic E-state index is 10.8. The van der Waals surface area contributed by atoms with Crippen molar-refractivity contribution in [3.63, 3.8) is 0 Å². The van der Waals surface area contributed by atoms with Crippen molar-refractivity contribution in [1.29, 1.82) is 0 Å². The average molecular weight is 205 g/mol. The molecule has 1 fully saturated rings. The molecule has 1 aromatic carbocycles. The number of primary amides is 1. The number of rotatable bonds is 2. The Hall–Kier alpha value is -1.55. The van der Waals surface area contributed by atoms with Crippen LogP contribution in [0.5, 0.6) is 0 Å². The molecule has 15 heavy (non-hydrogen) atoms. The summed E-state index contributed by atoms with van der Waals surface area (Å²) in [5.41, 5.74) is 6.37. The number of nitrogens with two attached hydrogens (primary N) is 1. The maximum Gasteiger partial charge on any atom is 0.312 e. The highest BCUT2D eigenvalue weighted by Crippen LogP contribution is 2.22. The molecule has 0 radical (unpaired) electrons. The second-order valence-electron chi connectivity index (χ2n) is 3.79. The number of carbonyl (C=O) groups is 1. The van der Waals surface area contributed by atoms with Crippen LogP contribution in [0.3, 0.4) is 0 Å². The molecular weight excluding hydrogens is 190 g/mol. The highest BCUT2D eigenvalue weighted by atomic mass is 16.2. The van der Waals surface area contributed by atoms with Crippen LogP contribution in [0.2, 0.25) is 0 Å². The molecule has 0 saturated carbocycles. The predicted molar refractivity (Wildman–Crippen MR) is 58.6 cm³/mol. The van der Waals surface area contributed by atoms with Crippen LogP contribution in [0.15, 0.2) is 30.3 Å². The number of urea groups is 1. The van der Waals surface area contributed by atoms with Crippen LogP contribution in [-0.2, 0) is 0 Å². The molecule has 4 heteroatoms. The van der Waals surface area contributed by atoms with Gasteiger partial charge in [-0.2, -0.15) is 0 Å². The van der Waals surface area contributed by atoms with Gasteiger partial charge in [0.15, 0.2) is 0 Å². The van der Waals surface area contributed by atoms with E-state index in [-0.39, 0.29) is 6.04 Å². The van der Waals surface area contributed by atoms with Crippen LogP contribution in [0.1, 0.15) is 11.5 Å². The SMILES string of the molecule is NC(=O)N[C@H]1CNC[C@@H]1c1ccccc1. The minimum Gasteiger partial charge on any atom is -0.352 e. The Morgan fingerprint density at radius 3 is 2.73 bits per heavy atom. The van der Waals surface area contributed by atoms with Crippen molar-refractivity contribution >= 4 is 6.03 Å². The van der Waals surface area contributed by atoms with Crippen LogP contribution in [0.4, 0.5) is 4.79 Å². The van der Waals surface area contributed by atoms with Crippen LogP contribution in [0.25, 0.3) is 0 Å². The lowest BCUT2D eigenvalue weighted by atomic mass is 9.94. The Kier molecular flexibility index (Phi) is 2.87. The number of amides is 2. The van der Waals surface area contributed by atoms with Gasteiger partial charge >= 0.3 is 6.03 Å². The van der Waals surface area contributed by atoms with Gasteiger partial charge in [-0.05, 0) is 5.56 Å². The van der Waals surface area contributed by atoms with Gasteiger partial charge in [0.2, 0.25) is 0 Å². The van der Waals surface area contributed by atoms with E-state index < -0.39 is 6.03 Å². The van der Waals surface area contributed by atoms with E-state index in [1.165, 1.54) is 5.56 Å². The van der Waals surface area contributed by atoms with Gasteiger partial charge in [-0.25, -0.2) is 4.79 Å². The first kappa shape index (κ1) is 9.98. The Morgan fingerprint density at radius 2 is 2.07 bits per heavy atom. The molecule has 1 saturated heterocycles. The van der Waals surface area contributed by atoms with Gasteiger partial charge in [0.05, 0.1) is 6.04 Å². The van der Waals surface area contributed by atoms with Gasteiger partial charge < -0.3 is 16.4 Å². The second-order valence-corrected chi connectivity index (χ2v) is 3.79. The summed E-state index contributed by atoms with van der Waals surface area (Å²) >= 11 is 0. The molecule has 0 bridgehead atoms. The molecule has 0 spiro atoms. The summed E-state index contributed by atoms with van der Waals surface area (Å²) in [6.07, 6.45) is 0. The normalized spacial score (nSPS) is 25.1. The quantitative estimate of drug-likeness (QED) is 0.654. The highest BCUT2D eigenvalue weighted by molar-refractivity contribution is 5.72. The molecule has 1 aromatic rings. The molecule has 1 heterocycles. The molecule has 80 valence electrons. The molecule has 4 N–H and O–H groups in total. The van der Waals surface area contributed by atoms with Crippen molar-refractivity contribution in [3.8, 4) is 0 Å². The Labute approximate surface area is 88.9 Å². The minimum absolute atomic E-state index is 0.102. The third kappa shape index (κ3) is 2.27. The van der Waals surface area contributed by atoms with E-state index in [0.717, 1.165) is 13.1 Å². The largest absolute Gasteiger partial charge is 0.352 e. The van der Waals surface area contributed by atoms with E-state index in [1.54, 1.807) is 0 Å². The number of nitrogens with one attached hydrogen (secondary N) is 2. The van der Waals surface area contributed by atoms with E-state index in [9.17, 15) is 4.79 Å². The summed E-state index contributed by atoms with van der Waals surface area (Å²) in [5, 5.41) is 6.02. The van der Waals surface area contributed by atoms with Crippen molar-refractivity contribution in [3.05, 3.63) is 35.9 Å². The van der Waals surface area contributed by atoms with Crippen LogP contribution >= 0.6 is 0 Å². The molecule has 2 amide bonds. The van der Waals surface area contributed by atoms with Crippen molar-refractivity contribution in [1.82, 2.24) is 10.6 Å². The molecule has 0 aromatic heterocycles. The first-order chi connectivity index (χ1) is 7.27. The second kappa shape index (κ2) is 4.31. The molecular formula is C11H15N3O. The van der Waals surface area contributed by atoms with E-state index >= 15 is 0 Å². The number of benzene rings is 1. The molecule has 1 aliphatic rings. The smallest absolute Gasteiger partial charge is 0.312 e. The lowest BCUT2D eigenvalue weighted by Crippen LogP contribution is -2.42. The molecule has 1 aliphatic heterocycles. The third-order valence-corrected chi connectivity index (χ3v) is 2.77. The fourth-order valence-corrected chi connectivity index (χ4v) is 2.06. The van der Waals surface area contributed by atoms with E-state index in [1.807, 2.05) is 18.2 Å². The fraction of sp³-hybridized carbons (Fsp3) is 0.364. The van der Waals surface area contributed by atoms with E-state index in [4.69, 9.17) is 5.73 Å². The van der Waals surface area contributed by atoms with Gasteiger partial charge in [0.1, 0.15) is 0 Å². The zero-order valence-corrected chi connectivity index (χ0v) is 8.44. The summed E-state index contributed by atoms with van der Waals surface area (Å²) in [6, 6.07) is 9.81. The monoisotopic (exact) mass is 205 g/mol. The van der Waals surface area contributed by atoms with Gasteiger partial charge in [-0.3, -0.25) is 0 Å². The molecule has 2 atom stereocenters. The van der Waals surface area contributed by atoms with Crippen molar-refractivity contribution in [2.45, 2.75) is 12.0 Å². The maximum atomic E-state index is 10.8. The Morgan fingerprint density at radius 1 is 1.33 bits per heavy atom. The predicted octanol–water partition coefficient (Wildman–Crippen LogP) is 0.410. The fourth-order valence-electron chi connectivity index (χ4n) is 2.06. The van der Waals surface area contributed by atoms with Crippen LogP contribution < -0.4 is 16.4 Å². The highest BCUT2D eigenvalue weighted by Gasteiger charge is 2.28. The standard InChI is InChI=1S/C11H15N3O/c12-11(15)14-10-7-13-6-9(10)8-4-2-1-3-5-8/h1-5,9-10,13H,6-7H2,(H3,12,14,15)/t9-,10+/m1/s1. The first-order valence-corrected chi connectivity index (χ1v) is 5.09. The lowest BCUT2D eigenvalue weighted by Gasteiger charge is -2.19. The number of carbonyl (C=O) groups excluding carboxylic acids is 1. The topological polar surface area (TPSA) is 67.2 Å². The van der Waals surface area contributed by atoms with Crippen molar-refractivity contribution in [2.75, 3.05) is 13.1 Å². The minimum atomic E-state index is -0.454. The van der Waals surface area contributed by atoms with Gasteiger partial charge in [-0.1, -0.05) is 30.3 Å². The number of hydrogen-bond donors (Lipinski definition) is 3.